The van der Waals surface area contributed by atoms with Crippen LogP contribution >= 0.6 is 0 Å². The minimum absolute atomic E-state index is 0.0632. The molecular weight excluding hydrogens is 332 g/mol. The van der Waals surface area contributed by atoms with E-state index < -0.39 is 11.9 Å². The van der Waals surface area contributed by atoms with Crippen molar-refractivity contribution in [2.45, 2.75) is 59.8 Å². The van der Waals surface area contributed by atoms with Gasteiger partial charge in [-0.05, 0) is 18.3 Å². The van der Waals surface area contributed by atoms with E-state index in [-0.39, 0.29) is 44.0 Å². The van der Waals surface area contributed by atoms with Crippen molar-refractivity contribution in [2.75, 3.05) is 13.2 Å². The van der Waals surface area contributed by atoms with Crippen molar-refractivity contribution < 1.29 is 38.9 Å². The number of hydrogen-bond acceptors (Lipinski definition) is 6. The lowest BCUT2D eigenvalue weighted by Gasteiger charge is -2.08. The normalized spacial score (nSPS) is 10.0. The first-order valence-corrected chi connectivity index (χ1v) is 8.29. The van der Waals surface area contributed by atoms with E-state index in [2.05, 4.69) is 0 Å². The summed E-state index contributed by atoms with van der Waals surface area (Å²) in [5.74, 6) is -1.94. The van der Waals surface area contributed by atoms with Crippen LogP contribution in [0.4, 0.5) is 0 Å². The van der Waals surface area contributed by atoms with E-state index >= 15 is 0 Å². The first-order valence-electron chi connectivity index (χ1n) is 8.29. The number of ether oxygens (including phenoxy) is 2. The molecule has 0 saturated carbocycles. The first kappa shape index (κ1) is 25.1. The maximum absolute atomic E-state index is 11.2. The molecule has 0 fully saturated rings. The fraction of sp³-hybridized carbons (Fsp3) is 0.765. The molecule has 0 aromatic carbocycles. The van der Waals surface area contributed by atoms with Gasteiger partial charge in [0.15, 0.2) is 0 Å². The maximum atomic E-state index is 11.2. The Labute approximate surface area is 148 Å². The Morgan fingerprint density at radius 1 is 0.680 bits per heavy atom. The van der Waals surface area contributed by atoms with E-state index in [0.717, 1.165) is 0 Å². The Morgan fingerprint density at radius 3 is 1.24 bits per heavy atom. The molecule has 0 aromatic heterocycles. The Hall–Kier alpha value is -2.12. The molecule has 0 atom stereocenters. The van der Waals surface area contributed by atoms with E-state index in [4.69, 9.17) is 19.7 Å². The lowest BCUT2D eigenvalue weighted by molar-refractivity contribution is -0.151. The second kappa shape index (κ2) is 15.4. The van der Waals surface area contributed by atoms with E-state index in [0.29, 0.717) is 25.0 Å². The van der Waals surface area contributed by atoms with Gasteiger partial charge in [-0.1, -0.05) is 27.7 Å². The Balaban J connectivity index is 0. The van der Waals surface area contributed by atoms with Crippen LogP contribution in [0.25, 0.3) is 0 Å². The molecule has 146 valence electrons. The number of aliphatic carboxylic acids is 2. The van der Waals surface area contributed by atoms with Crippen LogP contribution in [-0.4, -0.2) is 47.3 Å². The van der Waals surface area contributed by atoms with Gasteiger partial charge in [-0.2, -0.15) is 0 Å². The van der Waals surface area contributed by atoms with Crippen molar-refractivity contribution >= 4 is 23.9 Å². The molecular formula is C17H30O8. The van der Waals surface area contributed by atoms with Gasteiger partial charge in [0.2, 0.25) is 0 Å². The number of rotatable bonds is 11. The average molecular weight is 362 g/mol. The molecule has 0 rings (SSSR count). The summed E-state index contributed by atoms with van der Waals surface area (Å²) < 4.78 is 9.87. The Bertz CT molecular complexity index is 377. The highest BCUT2D eigenvalue weighted by Gasteiger charge is 2.10. The van der Waals surface area contributed by atoms with E-state index in [1.165, 1.54) is 0 Å². The predicted molar refractivity (Wildman–Crippen MR) is 90.0 cm³/mol. The zero-order valence-electron chi connectivity index (χ0n) is 15.4. The quantitative estimate of drug-likeness (QED) is 0.537. The Kier molecular flexibility index (Phi) is 15.5. The molecule has 0 bridgehead atoms. The van der Waals surface area contributed by atoms with Crippen molar-refractivity contribution in [1.82, 2.24) is 0 Å². The van der Waals surface area contributed by atoms with Crippen LogP contribution in [0.3, 0.4) is 0 Å². The number of carbonyl (C=O) groups excluding carboxylic acids is 2. The van der Waals surface area contributed by atoms with Gasteiger partial charge in [-0.25, -0.2) is 0 Å². The monoisotopic (exact) mass is 362 g/mol. The van der Waals surface area contributed by atoms with E-state index in [1.54, 1.807) is 0 Å². The molecule has 0 aliphatic heterocycles. The lowest BCUT2D eigenvalue weighted by Crippen LogP contribution is -2.14. The fourth-order valence-corrected chi connectivity index (χ4v) is 1.26. The Morgan fingerprint density at radius 2 is 1.00 bits per heavy atom. The van der Waals surface area contributed by atoms with Crippen molar-refractivity contribution in [1.29, 1.82) is 0 Å². The fourth-order valence-electron chi connectivity index (χ4n) is 1.26. The third-order valence-electron chi connectivity index (χ3n) is 2.47. The van der Waals surface area contributed by atoms with Gasteiger partial charge in [-0.3, -0.25) is 19.2 Å². The summed E-state index contributed by atoms with van der Waals surface area (Å²) in [5.41, 5.74) is 0. The smallest absolute Gasteiger partial charge is 0.306 e. The van der Waals surface area contributed by atoms with Crippen LogP contribution in [0.5, 0.6) is 0 Å². The molecule has 0 heterocycles. The van der Waals surface area contributed by atoms with E-state index in [9.17, 15) is 19.2 Å². The van der Waals surface area contributed by atoms with Crippen LogP contribution < -0.4 is 0 Å². The van der Waals surface area contributed by atoms with E-state index in [1.807, 2.05) is 27.7 Å². The molecule has 0 aromatic rings. The molecule has 8 heteroatoms. The molecule has 0 spiro atoms. The maximum Gasteiger partial charge on any atom is 0.306 e. The minimum atomic E-state index is -0.948. The molecule has 0 aliphatic rings. The number of carbonyl (C=O) groups is 4. The molecule has 25 heavy (non-hydrogen) atoms. The molecule has 8 nitrogen and oxygen atoms in total. The second-order valence-electron chi connectivity index (χ2n) is 6.29. The number of carboxylic acids is 2. The molecule has 2 N–H and O–H groups in total. The topological polar surface area (TPSA) is 127 Å². The van der Waals surface area contributed by atoms with Crippen LogP contribution in [0.2, 0.25) is 0 Å². The van der Waals surface area contributed by atoms with Crippen LogP contribution in [-0.2, 0) is 28.7 Å². The molecule has 0 unspecified atom stereocenters. The van der Waals surface area contributed by atoms with Gasteiger partial charge in [-0.15, -0.1) is 0 Å². The standard InChI is InChI=1S/C12H22O4.C5H8O4/c1-9(2)7-15-11(13)5-6-12(14)16-8-10(3)4;6-4(7)2-1-3-5(8)9/h9-10H,5-8H2,1-4H3;1-3H2,(H,6,7)(H,8,9). The van der Waals surface area contributed by atoms with Gasteiger partial charge in [0.25, 0.3) is 0 Å². The summed E-state index contributed by atoms with van der Waals surface area (Å²) in [7, 11) is 0. The number of hydrogen-bond donors (Lipinski definition) is 2. The summed E-state index contributed by atoms with van der Waals surface area (Å²) in [6.45, 7) is 8.66. The minimum Gasteiger partial charge on any atom is -0.481 e. The van der Waals surface area contributed by atoms with Crippen molar-refractivity contribution in [2.24, 2.45) is 11.8 Å². The van der Waals surface area contributed by atoms with Crippen LogP contribution in [0, 0.1) is 11.8 Å². The summed E-state index contributed by atoms with van der Waals surface area (Å²) in [6, 6.07) is 0. The third-order valence-corrected chi connectivity index (χ3v) is 2.47. The largest absolute Gasteiger partial charge is 0.481 e. The molecule has 0 aliphatic carbocycles. The van der Waals surface area contributed by atoms with Crippen LogP contribution in [0.15, 0.2) is 0 Å². The molecule has 0 radical (unpaired) electrons. The van der Waals surface area contributed by atoms with Gasteiger partial charge < -0.3 is 19.7 Å². The summed E-state index contributed by atoms with van der Waals surface area (Å²) >= 11 is 0. The summed E-state index contributed by atoms with van der Waals surface area (Å²) in [5, 5.41) is 16.1. The van der Waals surface area contributed by atoms with Crippen molar-refractivity contribution in [3.8, 4) is 0 Å². The van der Waals surface area contributed by atoms with Crippen molar-refractivity contribution in [3.05, 3.63) is 0 Å². The highest BCUT2D eigenvalue weighted by Crippen LogP contribution is 2.01. The van der Waals surface area contributed by atoms with Crippen molar-refractivity contribution in [3.63, 3.8) is 0 Å². The van der Waals surface area contributed by atoms with Gasteiger partial charge in [0, 0.05) is 12.8 Å². The SMILES string of the molecule is CC(C)COC(=O)CCC(=O)OCC(C)C.O=C(O)CCCC(=O)O. The van der Waals surface area contributed by atoms with Gasteiger partial charge in [0.1, 0.15) is 0 Å². The predicted octanol–water partition coefficient (Wildman–Crippen LogP) is 2.49. The number of esters is 2. The first-order chi connectivity index (χ1) is 11.5. The third kappa shape index (κ3) is 24.3. The molecule has 0 saturated heterocycles. The van der Waals surface area contributed by atoms with Gasteiger partial charge in [0.05, 0.1) is 26.1 Å². The van der Waals surface area contributed by atoms with Gasteiger partial charge >= 0.3 is 23.9 Å². The second-order valence-corrected chi connectivity index (χ2v) is 6.29. The average Bonchev–Trinajstić information content (AvgIpc) is 2.48. The zero-order valence-corrected chi connectivity index (χ0v) is 15.4. The summed E-state index contributed by atoms with van der Waals surface area (Å²) in [4.78, 5) is 41.9. The zero-order chi connectivity index (χ0) is 19.8. The number of carboxylic acid groups (broad SMARTS) is 2. The summed E-state index contributed by atoms with van der Waals surface area (Å²) in [6.07, 6.45) is 0.288. The van der Waals surface area contributed by atoms with Crippen LogP contribution in [0.1, 0.15) is 59.8 Å². The lowest BCUT2D eigenvalue weighted by atomic mass is 10.2. The highest BCUT2D eigenvalue weighted by atomic mass is 16.5. The highest BCUT2D eigenvalue weighted by molar-refractivity contribution is 5.77. The molecule has 0 amide bonds.